The maximum atomic E-state index is 14.2. The molecule has 0 N–H and O–H groups in total. The van der Waals surface area contributed by atoms with Gasteiger partial charge in [0.25, 0.3) is 5.91 Å². The number of benzene rings is 1. The number of ether oxygens (including phenoxy) is 1. The van der Waals surface area contributed by atoms with Gasteiger partial charge in [0, 0.05) is 5.02 Å². The van der Waals surface area contributed by atoms with E-state index in [2.05, 4.69) is 0 Å². The van der Waals surface area contributed by atoms with Crippen molar-refractivity contribution >= 4 is 35.0 Å². The average Bonchev–Trinajstić information content (AvgIpc) is 2.68. The summed E-state index contributed by atoms with van der Waals surface area (Å²) >= 11 is 11.6. The van der Waals surface area contributed by atoms with Gasteiger partial charge in [-0.2, -0.15) is 36.0 Å². The molecule has 14 heteroatoms. The van der Waals surface area contributed by atoms with Crippen LogP contribution in [-0.2, 0) is 9.59 Å². The summed E-state index contributed by atoms with van der Waals surface area (Å²) in [5.74, 6) is -19.7. The fourth-order valence-electron chi connectivity index (χ4n) is 2.42. The van der Waals surface area contributed by atoms with Gasteiger partial charge >= 0.3 is 23.9 Å². The van der Waals surface area contributed by atoms with Crippen molar-refractivity contribution in [3.05, 3.63) is 28.2 Å². The fourth-order valence-corrected chi connectivity index (χ4v) is 2.88. The smallest absolute Gasteiger partial charge is 0.460 e. The van der Waals surface area contributed by atoms with Crippen molar-refractivity contribution in [2.45, 2.75) is 57.4 Å². The Bertz CT molecular complexity index is 964. The maximum Gasteiger partial charge on any atom is 0.460 e. The summed E-state index contributed by atoms with van der Waals surface area (Å²) in [7, 11) is 0. The topological polar surface area (TPSA) is 70.4 Å². The molecule has 1 aromatic carbocycles. The number of nitriles is 1. The van der Waals surface area contributed by atoms with Crippen LogP contribution in [0.2, 0.25) is 10.0 Å². The first-order valence-corrected chi connectivity index (χ1v) is 9.75. The van der Waals surface area contributed by atoms with Crippen molar-refractivity contribution in [1.82, 2.24) is 4.90 Å². The molecule has 0 fully saturated rings. The van der Waals surface area contributed by atoms with Crippen molar-refractivity contribution in [3.8, 4) is 11.8 Å². The summed E-state index contributed by atoms with van der Waals surface area (Å²) in [6.45, 7) is 3.99. The third kappa shape index (κ3) is 5.30. The van der Waals surface area contributed by atoms with Gasteiger partial charge in [-0.25, -0.2) is 0 Å². The van der Waals surface area contributed by atoms with Crippen LogP contribution in [0.5, 0.6) is 5.75 Å². The Kier molecular flexibility index (Phi) is 8.32. The zero-order valence-electron chi connectivity index (χ0n) is 17.4. The number of rotatable bonds is 7. The lowest BCUT2D eigenvalue weighted by atomic mass is 9.86. The van der Waals surface area contributed by atoms with Crippen molar-refractivity contribution in [3.63, 3.8) is 0 Å². The van der Waals surface area contributed by atoms with E-state index in [0.717, 1.165) is 19.9 Å². The van der Waals surface area contributed by atoms with Gasteiger partial charge in [-0.3, -0.25) is 14.5 Å². The molecule has 0 aliphatic heterocycles. The molecule has 5 nitrogen and oxygen atoms in total. The number of amides is 2. The van der Waals surface area contributed by atoms with Crippen LogP contribution in [0.1, 0.15) is 27.7 Å². The van der Waals surface area contributed by atoms with E-state index >= 15 is 0 Å². The highest BCUT2D eigenvalue weighted by atomic mass is 35.5. The van der Waals surface area contributed by atoms with E-state index in [1.165, 1.54) is 32.0 Å². The van der Waals surface area contributed by atoms with Crippen molar-refractivity contribution < 1.29 is 45.1 Å². The van der Waals surface area contributed by atoms with Gasteiger partial charge in [0.05, 0.1) is 11.1 Å². The minimum Gasteiger partial charge on any atom is -0.479 e. The second kappa shape index (κ2) is 9.54. The van der Waals surface area contributed by atoms with E-state index in [9.17, 15) is 45.6 Å². The Morgan fingerprint density at radius 1 is 1.06 bits per heavy atom. The quantitative estimate of drug-likeness (QED) is 0.417. The first-order chi connectivity index (χ1) is 14.8. The van der Waals surface area contributed by atoms with Crippen LogP contribution in [-0.4, -0.2) is 46.4 Å². The monoisotopic (exact) mass is 524 g/mol. The molecule has 2 unspecified atom stereocenters. The Labute approximate surface area is 194 Å². The van der Waals surface area contributed by atoms with E-state index in [1.54, 1.807) is 0 Å². The number of hydrogen-bond acceptors (Lipinski definition) is 4. The number of carbonyl (C=O) groups excluding carboxylic acids is 2. The molecule has 0 saturated heterocycles. The van der Waals surface area contributed by atoms with Crippen LogP contribution in [0.25, 0.3) is 0 Å². The van der Waals surface area contributed by atoms with Crippen LogP contribution >= 0.6 is 23.2 Å². The minimum absolute atomic E-state index is 0.147. The number of carbonyl (C=O) groups is 2. The van der Waals surface area contributed by atoms with Crippen molar-refractivity contribution in [2.75, 3.05) is 0 Å². The molecule has 0 heterocycles. The number of alkyl halides is 7. The lowest BCUT2D eigenvalue weighted by Crippen LogP contribution is -2.67. The molecule has 1 rings (SSSR count). The number of halogens is 9. The number of hydrogen-bond donors (Lipinski definition) is 0. The van der Waals surface area contributed by atoms with Crippen LogP contribution < -0.4 is 4.74 Å². The second-order valence-electron chi connectivity index (χ2n) is 7.37. The molecular weight excluding hydrogens is 508 g/mol. The molecule has 2 amide bonds. The Balaban J connectivity index is 3.57. The molecule has 2 atom stereocenters. The van der Waals surface area contributed by atoms with E-state index in [0.29, 0.717) is 0 Å². The highest BCUT2D eigenvalue weighted by molar-refractivity contribution is 6.35. The Morgan fingerprint density at radius 3 is 1.97 bits per heavy atom. The molecular formula is C19H17Cl2F7N2O3. The SMILES string of the molecule is CC(Oc1ccc(Cl)cc1Cl)C(=O)N(C(=O)C(F)(F)C(F)(F)C(F)(F)F)C(C)(C#N)C(C)C. The lowest BCUT2D eigenvalue weighted by Gasteiger charge is -2.41. The molecule has 0 aliphatic rings. The molecule has 0 aliphatic carbocycles. The summed E-state index contributed by atoms with van der Waals surface area (Å²) in [5, 5.41) is 9.45. The van der Waals surface area contributed by atoms with Gasteiger partial charge in [0.15, 0.2) is 6.10 Å². The fraction of sp³-hybridized carbons (Fsp3) is 0.526. The highest BCUT2D eigenvalue weighted by Gasteiger charge is 2.78. The summed E-state index contributed by atoms with van der Waals surface area (Å²) < 4.78 is 98.6. The van der Waals surface area contributed by atoms with Crippen LogP contribution in [0, 0.1) is 17.2 Å². The van der Waals surface area contributed by atoms with E-state index < -0.39 is 52.3 Å². The van der Waals surface area contributed by atoms with E-state index in [4.69, 9.17) is 27.9 Å². The summed E-state index contributed by atoms with van der Waals surface area (Å²) in [5.41, 5.74) is -2.55. The third-order valence-electron chi connectivity index (χ3n) is 4.80. The van der Waals surface area contributed by atoms with Crippen LogP contribution in [0.4, 0.5) is 30.7 Å². The zero-order valence-corrected chi connectivity index (χ0v) is 18.9. The molecule has 0 saturated carbocycles. The predicted octanol–water partition coefficient (Wildman–Crippen LogP) is 5.89. The van der Waals surface area contributed by atoms with E-state index in [1.807, 2.05) is 0 Å². The van der Waals surface area contributed by atoms with Gasteiger partial charge in [-0.05, 0) is 38.0 Å². The van der Waals surface area contributed by atoms with E-state index in [-0.39, 0.29) is 15.8 Å². The number of nitrogens with zero attached hydrogens (tertiary/aromatic N) is 2. The molecule has 0 radical (unpaired) electrons. The van der Waals surface area contributed by atoms with Gasteiger partial charge in [0.2, 0.25) is 0 Å². The largest absolute Gasteiger partial charge is 0.479 e. The normalized spacial score (nSPS) is 15.4. The van der Waals surface area contributed by atoms with Gasteiger partial charge in [-0.1, -0.05) is 37.0 Å². The zero-order chi connectivity index (χ0) is 26.2. The van der Waals surface area contributed by atoms with Gasteiger partial charge in [0.1, 0.15) is 11.3 Å². The summed E-state index contributed by atoms with van der Waals surface area (Å²) in [4.78, 5) is 24.7. The van der Waals surface area contributed by atoms with Gasteiger partial charge < -0.3 is 4.74 Å². The summed E-state index contributed by atoms with van der Waals surface area (Å²) in [6.07, 6.45) is -8.75. The molecule has 1 aromatic rings. The van der Waals surface area contributed by atoms with Gasteiger partial charge in [-0.15, -0.1) is 0 Å². The van der Waals surface area contributed by atoms with Crippen LogP contribution in [0.3, 0.4) is 0 Å². The lowest BCUT2D eigenvalue weighted by molar-refractivity contribution is -0.346. The Hall–Kier alpha value is -2.26. The van der Waals surface area contributed by atoms with Crippen molar-refractivity contribution in [1.29, 1.82) is 5.26 Å². The predicted molar refractivity (Wildman–Crippen MR) is 103 cm³/mol. The molecule has 0 aromatic heterocycles. The summed E-state index contributed by atoms with van der Waals surface area (Å²) in [6, 6.07) is 4.95. The second-order valence-corrected chi connectivity index (χ2v) is 8.22. The van der Waals surface area contributed by atoms with Crippen molar-refractivity contribution in [2.24, 2.45) is 5.92 Å². The van der Waals surface area contributed by atoms with Crippen LogP contribution in [0.15, 0.2) is 18.2 Å². The number of imide groups is 1. The first-order valence-electron chi connectivity index (χ1n) is 8.99. The minimum atomic E-state index is -6.84. The average molecular weight is 525 g/mol. The standard InChI is InChI=1S/C19H17Cl2F7N2O3/c1-9(2)16(4,8-29)30(15(32)17(22,23)18(24,25)19(26,27)28)14(31)10(3)33-13-6-5-11(20)7-12(13)21/h5-7,9-10H,1-4H3. The first kappa shape index (κ1) is 28.8. The third-order valence-corrected chi connectivity index (χ3v) is 5.33. The molecule has 184 valence electrons. The molecule has 0 bridgehead atoms. The molecule has 33 heavy (non-hydrogen) atoms. The molecule has 0 spiro atoms. The maximum absolute atomic E-state index is 14.2. The Morgan fingerprint density at radius 2 is 1.58 bits per heavy atom. The highest BCUT2D eigenvalue weighted by Crippen LogP contribution is 2.48.